The van der Waals surface area contributed by atoms with Gasteiger partial charge in [-0.25, -0.2) is 4.79 Å². The molecule has 0 bridgehead atoms. The Hall–Kier alpha value is -0.830. The molecule has 1 aliphatic heterocycles. The highest BCUT2D eigenvalue weighted by Crippen LogP contribution is 2.23. The van der Waals surface area contributed by atoms with Gasteiger partial charge in [0, 0.05) is 18.2 Å². The summed E-state index contributed by atoms with van der Waals surface area (Å²) in [6.07, 6.45) is 1.80. The lowest BCUT2D eigenvalue weighted by Gasteiger charge is -2.31. The van der Waals surface area contributed by atoms with Crippen molar-refractivity contribution in [2.75, 3.05) is 13.6 Å². The zero-order chi connectivity index (χ0) is 10.0. The van der Waals surface area contributed by atoms with Gasteiger partial charge in [-0.15, -0.1) is 0 Å². The first-order chi connectivity index (χ1) is 6.02. The number of carboxylic acids is 1. The van der Waals surface area contributed by atoms with Gasteiger partial charge in [-0.2, -0.15) is 0 Å². The SMILES string of the molecule is CC(C(=O)O)=C1CCN(C)C(C)C1. The Morgan fingerprint density at radius 3 is 2.69 bits per heavy atom. The molecule has 0 aliphatic carbocycles. The molecule has 0 aromatic rings. The molecule has 1 fully saturated rings. The fraction of sp³-hybridized carbons (Fsp3) is 0.700. The molecule has 3 nitrogen and oxygen atoms in total. The van der Waals surface area contributed by atoms with Gasteiger partial charge in [0.2, 0.25) is 0 Å². The summed E-state index contributed by atoms with van der Waals surface area (Å²) in [7, 11) is 2.08. The van der Waals surface area contributed by atoms with Gasteiger partial charge in [-0.05, 0) is 33.7 Å². The molecule has 1 N–H and O–H groups in total. The van der Waals surface area contributed by atoms with Gasteiger partial charge in [0.1, 0.15) is 0 Å². The Kier molecular flexibility index (Phi) is 3.09. The lowest BCUT2D eigenvalue weighted by Crippen LogP contribution is -2.35. The van der Waals surface area contributed by atoms with Gasteiger partial charge < -0.3 is 10.0 Å². The molecule has 0 spiro atoms. The Balaban J connectivity index is 2.75. The molecule has 1 heterocycles. The number of piperidine rings is 1. The molecule has 0 amide bonds. The van der Waals surface area contributed by atoms with E-state index in [1.54, 1.807) is 6.92 Å². The summed E-state index contributed by atoms with van der Waals surface area (Å²) in [5, 5.41) is 8.81. The van der Waals surface area contributed by atoms with Crippen LogP contribution in [-0.2, 0) is 4.79 Å². The average Bonchev–Trinajstić information content (AvgIpc) is 2.08. The maximum atomic E-state index is 10.7. The van der Waals surface area contributed by atoms with Crippen molar-refractivity contribution in [2.24, 2.45) is 0 Å². The normalized spacial score (nSPS) is 28.7. The number of carbonyl (C=O) groups is 1. The van der Waals surface area contributed by atoms with Crippen molar-refractivity contribution in [3.8, 4) is 0 Å². The third-order valence-corrected chi connectivity index (χ3v) is 2.91. The average molecular weight is 183 g/mol. The number of hydrogen-bond donors (Lipinski definition) is 1. The fourth-order valence-electron chi connectivity index (χ4n) is 1.64. The molecule has 3 heteroatoms. The van der Waals surface area contributed by atoms with Gasteiger partial charge in [0.25, 0.3) is 0 Å². The van der Waals surface area contributed by atoms with Crippen LogP contribution in [0.25, 0.3) is 0 Å². The Morgan fingerprint density at radius 1 is 1.62 bits per heavy atom. The van der Waals surface area contributed by atoms with E-state index in [0.717, 1.165) is 25.0 Å². The van der Waals surface area contributed by atoms with E-state index < -0.39 is 5.97 Å². The van der Waals surface area contributed by atoms with Crippen LogP contribution in [0.2, 0.25) is 0 Å². The molecule has 1 rings (SSSR count). The smallest absolute Gasteiger partial charge is 0.331 e. The van der Waals surface area contributed by atoms with E-state index in [1.807, 2.05) is 0 Å². The maximum Gasteiger partial charge on any atom is 0.331 e. The van der Waals surface area contributed by atoms with Crippen molar-refractivity contribution in [3.63, 3.8) is 0 Å². The zero-order valence-corrected chi connectivity index (χ0v) is 8.50. The van der Waals surface area contributed by atoms with E-state index in [9.17, 15) is 4.79 Å². The van der Waals surface area contributed by atoms with Crippen LogP contribution < -0.4 is 0 Å². The Labute approximate surface area is 79.0 Å². The summed E-state index contributed by atoms with van der Waals surface area (Å²) >= 11 is 0. The summed E-state index contributed by atoms with van der Waals surface area (Å²) in [5.74, 6) is -0.772. The predicted molar refractivity (Wildman–Crippen MR) is 51.7 cm³/mol. The minimum absolute atomic E-state index is 0.470. The molecule has 1 saturated heterocycles. The van der Waals surface area contributed by atoms with Crippen LogP contribution in [0.3, 0.4) is 0 Å². The summed E-state index contributed by atoms with van der Waals surface area (Å²) in [6, 6.07) is 0.470. The minimum Gasteiger partial charge on any atom is -0.478 e. The van der Waals surface area contributed by atoms with Crippen LogP contribution in [-0.4, -0.2) is 35.6 Å². The highest BCUT2D eigenvalue weighted by Gasteiger charge is 2.20. The van der Waals surface area contributed by atoms with E-state index in [-0.39, 0.29) is 0 Å². The molecule has 13 heavy (non-hydrogen) atoms. The highest BCUT2D eigenvalue weighted by atomic mass is 16.4. The van der Waals surface area contributed by atoms with Crippen molar-refractivity contribution in [1.82, 2.24) is 4.90 Å². The Bertz CT molecular complexity index is 245. The van der Waals surface area contributed by atoms with Crippen molar-refractivity contribution in [3.05, 3.63) is 11.1 Å². The van der Waals surface area contributed by atoms with Crippen LogP contribution in [0, 0.1) is 0 Å². The summed E-state index contributed by atoms with van der Waals surface area (Å²) in [5.41, 5.74) is 1.65. The second kappa shape index (κ2) is 3.92. The van der Waals surface area contributed by atoms with Crippen LogP contribution >= 0.6 is 0 Å². The van der Waals surface area contributed by atoms with Gasteiger partial charge in [0.05, 0.1) is 0 Å². The van der Waals surface area contributed by atoms with E-state index in [2.05, 4.69) is 18.9 Å². The topological polar surface area (TPSA) is 40.5 Å². The Morgan fingerprint density at radius 2 is 2.23 bits per heavy atom. The first-order valence-corrected chi connectivity index (χ1v) is 4.64. The van der Waals surface area contributed by atoms with Crippen LogP contribution in [0.1, 0.15) is 26.7 Å². The number of rotatable bonds is 1. The first kappa shape index (κ1) is 10.3. The molecule has 0 aromatic heterocycles. The van der Waals surface area contributed by atoms with Gasteiger partial charge >= 0.3 is 5.97 Å². The summed E-state index contributed by atoms with van der Waals surface area (Å²) < 4.78 is 0. The quantitative estimate of drug-likeness (QED) is 0.626. The number of nitrogens with zero attached hydrogens (tertiary/aromatic N) is 1. The molecule has 74 valence electrons. The predicted octanol–water partition coefficient (Wildman–Crippen LogP) is 1.50. The summed E-state index contributed by atoms with van der Waals surface area (Å²) in [4.78, 5) is 13.0. The van der Waals surface area contributed by atoms with Gasteiger partial charge in [-0.3, -0.25) is 0 Å². The van der Waals surface area contributed by atoms with E-state index in [1.165, 1.54) is 0 Å². The van der Waals surface area contributed by atoms with Gasteiger partial charge in [0.15, 0.2) is 0 Å². The monoisotopic (exact) mass is 183 g/mol. The third-order valence-electron chi connectivity index (χ3n) is 2.91. The molecular formula is C10H17NO2. The molecule has 1 aliphatic rings. The van der Waals surface area contributed by atoms with Gasteiger partial charge in [-0.1, -0.05) is 5.57 Å². The van der Waals surface area contributed by atoms with E-state index in [0.29, 0.717) is 11.6 Å². The van der Waals surface area contributed by atoms with Crippen LogP contribution in [0.4, 0.5) is 0 Å². The van der Waals surface area contributed by atoms with Crippen molar-refractivity contribution >= 4 is 5.97 Å². The standard InChI is InChI=1S/C10H17NO2/c1-7-6-9(4-5-11(7)3)8(2)10(12)13/h7H,4-6H2,1-3H3,(H,12,13). The molecule has 1 unspecified atom stereocenters. The molecular weight excluding hydrogens is 166 g/mol. The lowest BCUT2D eigenvalue weighted by molar-refractivity contribution is -0.132. The maximum absolute atomic E-state index is 10.7. The number of hydrogen-bond acceptors (Lipinski definition) is 2. The number of aliphatic carboxylic acids is 1. The first-order valence-electron chi connectivity index (χ1n) is 4.64. The highest BCUT2D eigenvalue weighted by molar-refractivity contribution is 5.86. The van der Waals surface area contributed by atoms with Crippen LogP contribution in [0.15, 0.2) is 11.1 Å². The second-order valence-electron chi connectivity index (χ2n) is 3.82. The minimum atomic E-state index is -0.772. The molecule has 1 atom stereocenters. The van der Waals surface area contributed by atoms with Crippen LogP contribution in [0.5, 0.6) is 0 Å². The molecule has 0 saturated carbocycles. The molecule has 0 aromatic carbocycles. The zero-order valence-electron chi connectivity index (χ0n) is 8.50. The summed E-state index contributed by atoms with van der Waals surface area (Å²) in [6.45, 7) is 4.81. The third kappa shape index (κ3) is 2.31. The van der Waals surface area contributed by atoms with E-state index in [4.69, 9.17) is 5.11 Å². The largest absolute Gasteiger partial charge is 0.478 e. The van der Waals surface area contributed by atoms with Crippen molar-refractivity contribution < 1.29 is 9.90 Å². The van der Waals surface area contributed by atoms with Crippen molar-refractivity contribution in [2.45, 2.75) is 32.7 Å². The molecule has 0 radical (unpaired) electrons. The van der Waals surface area contributed by atoms with Crippen molar-refractivity contribution in [1.29, 1.82) is 0 Å². The number of carboxylic acid groups (broad SMARTS) is 1. The fourth-order valence-corrected chi connectivity index (χ4v) is 1.64. The number of likely N-dealkylation sites (tertiary alicyclic amines) is 1. The van der Waals surface area contributed by atoms with E-state index >= 15 is 0 Å². The second-order valence-corrected chi connectivity index (χ2v) is 3.82. The lowest BCUT2D eigenvalue weighted by atomic mass is 9.94.